The molecule has 0 fully saturated rings. The SMILES string of the molecule is CCCC(=O)Nc1nc(C)c(C(=O)OC)s1. The normalized spacial score (nSPS) is 9.94. The van der Waals surface area contributed by atoms with E-state index in [1.54, 1.807) is 6.92 Å². The van der Waals surface area contributed by atoms with E-state index in [1.165, 1.54) is 7.11 Å². The van der Waals surface area contributed by atoms with Crippen molar-refractivity contribution >= 4 is 28.3 Å². The first-order valence-electron chi connectivity index (χ1n) is 4.94. The number of hydrogen-bond donors (Lipinski definition) is 1. The van der Waals surface area contributed by atoms with Crippen LogP contribution in [-0.2, 0) is 9.53 Å². The number of rotatable bonds is 4. The first-order chi connectivity index (χ1) is 7.58. The minimum atomic E-state index is -0.425. The minimum Gasteiger partial charge on any atom is -0.465 e. The van der Waals surface area contributed by atoms with Crippen molar-refractivity contribution in [1.29, 1.82) is 0 Å². The molecule has 5 nitrogen and oxygen atoms in total. The second kappa shape index (κ2) is 5.60. The molecule has 1 rings (SSSR count). The molecule has 0 spiro atoms. The van der Waals surface area contributed by atoms with Gasteiger partial charge in [0.2, 0.25) is 5.91 Å². The second-order valence-electron chi connectivity index (χ2n) is 3.22. The first kappa shape index (κ1) is 12.6. The number of carbonyl (C=O) groups is 2. The Kier molecular flexibility index (Phi) is 4.42. The summed E-state index contributed by atoms with van der Waals surface area (Å²) in [7, 11) is 1.32. The molecule has 0 saturated carbocycles. The van der Waals surface area contributed by atoms with Gasteiger partial charge in [-0.15, -0.1) is 0 Å². The fourth-order valence-corrected chi connectivity index (χ4v) is 2.04. The van der Waals surface area contributed by atoms with Gasteiger partial charge in [0, 0.05) is 6.42 Å². The molecule has 0 aromatic carbocycles. The topological polar surface area (TPSA) is 68.3 Å². The molecule has 0 atom stereocenters. The van der Waals surface area contributed by atoms with Crippen LogP contribution < -0.4 is 5.32 Å². The maximum absolute atomic E-state index is 11.3. The van der Waals surface area contributed by atoms with Gasteiger partial charge in [0.1, 0.15) is 4.88 Å². The number of amides is 1. The third-order valence-corrected chi connectivity index (χ3v) is 2.94. The minimum absolute atomic E-state index is 0.0901. The van der Waals surface area contributed by atoms with Gasteiger partial charge in [-0.1, -0.05) is 18.3 Å². The van der Waals surface area contributed by atoms with Crippen molar-refractivity contribution in [2.75, 3.05) is 12.4 Å². The van der Waals surface area contributed by atoms with E-state index in [2.05, 4.69) is 15.0 Å². The highest BCUT2D eigenvalue weighted by molar-refractivity contribution is 7.17. The quantitative estimate of drug-likeness (QED) is 0.820. The third-order valence-electron chi connectivity index (χ3n) is 1.89. The average molecular weight is 242 g/mol. The van der Waals surface area contributed by atoms with Gasteiger partial charge in [-0.05, 0) is 13.3 Å². The Labute approximate surface area is 97.8 Å². The summed E-state index contributed by atoms with van der Waals surface area (Å²) in [6, 6.07) is 0. The standard InChI is InChI=1S/C10H14N2O3S/c1-4-5-7(13)12-10-11-6(2)8(16-10)9(14)15-3/h4-5H2,1-3H3,(H,11,12,13). The van der Waals surface area contributed by atoms with Gasteiger partial charge >= 0.3 is 5.97 Å². The zero-order valence-corrected chi connectivity index (χ0v) is 10.3. The van der Waals surface area contributed by atoms with E-state index < -0.39 is 5.97 Å². The van der Waals surface area contributed by atoms with Crippen molar-refractivity contribution in [2.24, 2.45) is 0 Å². The Morgan fingerprint density at radius 3 is 2.75 bits per heavy atom. The summed E-state index contributed by atoms with van der Waals surface area (Å²) in [6.45, 7) is 3.63. The molecule has 0 unspecified atom stereocenters. The summed E-state index contributed by atoms with van der Waals surface area (Å²) in [6.07, 6.45) is 1.23. The van der Waals surface area contributed by atoms with Crippen molar-refractivity contribution in [1.82, 2.24) is 4.98 Å². The molecular formula is C10H14N2O3S. The van der Waals surface area contributed by atoms with Crippen molar-refractivity contribution in [3.05, 3.63) is 10.6 Å². The van der Waals surface area contributed by atoms with E-state index in [-0.39, 0.29) is 5.91 Å². The lowest BCUT2D eigenvalue weighted by atomic mass is 10.3. The van der Waals surface area contributed by atoms with E-state index in [1.807, 2.05) is 6.92 Å². The van der Waals surface area contributed by atoms with Crippen LogP contribution in [0.4, 0.5) is 5.13 Å². The van der Waals surface area contributed by atoms with E-state index in [0.29, 0.717) is 22.1 Å². The van der Waals surface area contributed by atoms with Crippen LogP contribution in [0.15, 0.2) is 0 Å². The fraction of sp³-hybridized carbons (Fsp3) is 0.500. The predicted molar refractivity (Wildman–Crippen MR) is 61.7 cm³/mol. The number of hydrogen-bond acceptors (Lipinski definition) is 5. The molecule has 6 heteroatoms. The smallest absolute Gasteiger partial charge is 0.350 e. The molecule has 1 aromatic heterocycles. The van der Waals surface area contributed by atoms with Crippen molar-refractivity contribution in [2.45, 2.75) is 26.7 Å². The van der Waals surface area contributed by atoms with Gasteiger partial charge in [-0.3, -0.25) is 4.79 Å². The monoisotopic (exact) mass is 242 g/mol. The number of aryl methyl sites for hydroxylation is 1. The molecule has 0 radical (unpaired) electrons. The van der Waals surface area contributed by atoms with E-state index >= 15 is 0 Å². The molecule has 1 N–H and O–H groups in total. The lowest BCUT2D eigenvalue weighted by Crippen LogP contribution is -2.10. The number of anilines is 1. The van der Waals surface area contributed by atoms with Crippen LogP contribution >= 0.6 is 11.3 Å². The maximum atomic E-state index is 11.3. The van der Waals surface area contributed by atoms with Crippen LogP contribution in [0, 0.1) is 6.92 Å². The summed E-state index contributed by atoms with van der Waals surface area (Å²) in [5.74, 6) is -0.515. The highest BCUT2D eigenvalue weighted by Crippen LogP contribution is 2.23. The maximum Gasteiger partial charge on any atom is 0.350 e. The second-order valence-corrected chi connectivity index (χ2v) is 4.22. The number of esters is 1. The fourth-order valence-electron chi connectivity index (χ4n) is 1.14. The Morgan fingerprint density at radius 1 is 1.50 bits per heavy atom. The molecule has 0 saturated heterocycles. The van der Waals surface area contributed by atoms with Gasteiger partial charge in [0.15, 0.2) is 5.13 Å². The number of ether oxygens (including phenoxy) is 1. The average Bonchev–Trinajstić information content (AvgIpc) is 2.58. The van der Waals surface area contributed by atoms with Gasteiger partial charge in [0.25, 0.3) is 0 Å². The third kappa shape index (κ3) is 3.03. The molecule has 16 heavy (non-hydrogen) atoms. The first-order valence-corrected chi connectivity index (χ1v) is 5.75. The van der Waals surface area contributed by atoms with Crippen LogP contribution in [0.1, 0.15) is 35.1 Å². The lowest BCUT2D eigenvalue weighted by molar-refractivity contribution is -0.116. The van der Waals surface area contributed by atoms with Crippen LogP contribution in [0.5, 0.6) is 0 Å². The van der Waals surface area contributed by atoms with Crippen molar-refractivity contribution in [3.63, 3.8) is 0 Å². The Balaban J connectivity index is 2.77. The Morgan fingerprint density at radius 2 is 2.19 bits per heavy atom. The number of carbonyl (C=O) groups excluding carboxylic acids is 2. The van der Waals surface area contributed by atoms with Crippen LogP contribution in [0.25, 0.3) is 0 Å². The predicted octanol–water partition coefficient (Wildman–Crippen LogP) is 1.98. The van der Waals surface area contributed by atoms with Crippen molar-refractivity contribution in [3.8, 4) is 0 Å². The van der Waals surface area contributed by atoms with Crippen molar-refractivity contribution < 1.29 is 14.3 Å². The molecule has 0 aliphatic heterocycles. The Bertz CT molecular complexity index is 401. The molecule has 1 amide bonds. The number of methoxy groups -OCH3 is 1. The van der Waals surface area contributed by atoms with Gasteiger partial charge < -0.3 is 10.1 Å². The molecule has 0 bridgehead atoms. The summed E-state index contributed by atoms with van der Waals surface area (Å²) >= 11 is 1.13. The molecule has 0 aliphatic rings. The van der Waals surface area contributed by atoms with Crippen LogP contribution in [0.2, 0.25) is 0 Å². The molecular weight excluding hydrogens is 228 g/mol. The van der Waals surface area contributed by atoms with Crippen LogP contribution in [0.3, 0.4) is 0 Å². The lowest BCUT2D eigenvalue weighted by Gasteiger charge is -1.97. The van der Waals surface area contributed by atoms with Gasteiger partial charge in [0.05, 0.1) is 12.8 Å². The summed E-state index contributed by atoms with van der Waals surface area (Å²) in [5, 5.41) is 3.08. The zero-order chi connectivity index (χ0) is 12.1. The summed E-state index contributed by atoms with van der Waals surface area (Å²) < 4.78 is 4.60. The highest BCUT2D eigenvalue weighted by Gasteiger charge is 2.16. The number of nitrogens with zero attached hydrogens (tertiary/aromatic N) is 1. The molecule has 1 heterocycles. The summed E-state index contributed by atoms with van der Waals surface area (Å²) in [5.41, 5.74) is 0.573. The summed E-state index contributed by atoms with van der Waals surface area (Å²) in [4.78, 5) is 27.1. The molecule has 88 valence electrons. The van der Waals surface area contributed by atoms with Gasteiger partial charge in [-0.25, -0.2) is 9.78 Å². The largest absolute Gasteiger partial charge is 0.465 e. The molecule has 1 aromatic rings. The van der Waals surface area contributed by atoms with E-state index in [9.17, 15) is 9.59 Å². The van der Waals surface area contributed by atoms with E-state index in [4.69, 9.17) is 0 Å². The highest BCUT2D eigenvalue weighted by atomic mass is 32.1. The number of aromatic nitrogens is 1. The number of thiazole rings is 1. The number of nitrogens with one attached hydrogen (secondary N) is 1. The molecule has 0 aliphatic carbocycles. The Hall–Kier alpha value is -1.43. The van der Waals surface area contributed by atoms with E-state index in [0.717, 1.165) is 17.8 Å². The van der Waals surface area contributed by atoms with Crippen LogP contribution in [-0.4, -0.2) is 24.0 Å². The zero-order valence-electron chi connectivity index (χ0n) is 9.49. The van der Waals surface area contributed by atoms with Gasteiger partial charge in [-0.2, -0.15) is 0 Å².